The minimum atomic E-state index is -0.768. The van der Waals surface area contributed by atoms with E-state index >= 15 is 0 Å². The highest BCUT2D eigenvalue weighted by Crippen LogP contribution is 2.02. The molecule has 0 aliphatic carbocycles. The van der Waals surface area contributed by atoms with Gasteiger partial charge in [-0.1, -0.05) is 23.8 Å². The van der Waals surface area contributed by atoms with Crippen LogP contribution in [0.3, 0.4) is 0 Å². The standard InChI is InChI=1S/C9H12N2O3/c1-2-13-9(12)14-11-10-8-6-4-3-5-7-8/h3-7,10-11H,2H2,1H3. The van der Waals surface area contributed by atoms with Gasteiger partial charge in [0.05, 0.1) is 12.3 Å². The second-order valence-electron chi connectivity index (χ2n) is 2.38. The Kier molecular flexibility index (Phi) is 4.30. The van der Waals surface area contributed by atoms with Gasteiger partial charge in [0.15, 0.2) is 0 Å². The normalized spacial score (nSPS) is 9.21. The van der Waals surface area contributed by atoms with Crippen LogP contribution in [0.15, 0.2) is 30.3 Å². The Morgan fingerprint density at radius 1 is 1.36 bits per heavy atom. The molecule has 0 aliphatic heterocycles. The van der Waals surface area contributed by atoms with Crippen molar-refractivity contribution in [3.8, 4) is 0 Å². The number of hydrogen-bond donors (Lipinski definition) is 2. The van der Waals surface area contributed by atoms with Crippen molar-refractivity contribution in [3.63, 3.8) is 0 Å². The highest BCUT2D eigenvalue weighted by molar-refractivity contribution is 5.59. The third-order valence-corrected chi connectivity index (χ3v) is 1.37. The van der Waals surface area contributed by atoms with Crippen molar-refractivity contribution in [3.05, 3.63) is 30.3 Å². The van der Waals surface area contributed by atoms with Crippen molar-refractivity contribution >= 4 is 11.8 Å². The van der Waals surface area contributed by atoms with Gasteiger partial charge in [0.25, 0.3) is 0 Å². The molecule has 5 heteroatoms. The average molecular weight is 196 g/mol. The predicted molar refractivity (Wildman–Crippen MR) is 51.3 cm³/mol. The number of carbonyl (C=O) groups excluding carboxylic acids is 1. The summed E-state index contributed by atoms with van der Waals surface area (Å²) in [6.45, 7) is 1.98. The Hall–Kier alpha value is -1.75. The Bertz CT molecular complexity index is 277. The Labute approximate surface area is 81.9 Å². The molecule has 76 valence electrons. The van der Waals surface area contributed by atoms with Gasteiger partial charge in [-0.2, -0.15) is 0 Å². The smallest absolute Gasteiger partial charge is 0.433 e. The Morgan fingerprint density at radius 2 is 2.07 bits per heavy atom. The molecule has 0 aliphatic rings. The molecule has 5 nitrogen and oxygen atoms in total. The van der Waals surface area contributed by atoms with Gasteiger partial charge < -0.3 is 9.57 Å². The zero-order valence-corrected chi connectivity index (χ0v) is 7.82. The molecule has 0 saturated heterocycles. The second kappa shape index (κ2) is 5.82. The molecule has 0 aromatic heterocycles. The van der Waals surface area contributed by atoms with Crippen LogP contribution in [0.4, 0.5) is 10.5 Å². The molecule has 0 radical (unpaired) electrons. The number of benzene rings is 1. The average Bonchev–Trinajstić information content (AvgIpc) is 2.20. The maximum atomic E-state index is 10.7. The lowest BCUT2D eigenvalue weighted by molar-refractivity contribution is 0.0270. The zero-order chi connectivity index (χ0) is 10.2. The molecule has 1 aromatic carbocycles. The maximum absolute atomic E-state index is 10.7. The minimum Gasteiger partial charge on any atom is -0.433 e. The van der Waals surface area contributed by atoms with Crippen molar-refractivity contribution in [2.75, 3.05) is 12.0 Å². The first kappa shape index (κ1) is 10.3. The predicted octanol–water partition coefficient (Wildman–Crippen LogP) is 1.69. The molecule has 0 fully saturated rings. The van der Waals surface area contributed by atoms with Gasteiger partial charge in [-0.15, -0.1) is 0 Å². The van der Waals surface area contributed by atoms with E-state index in [4.69, 9.17) is 0 Å². The summed E-state index contributed by atoms with van der Waals surface area (Å²) in [6.07, 6.45) is -0.768. The van der Waals surface area contributed by atoms with Crippen LogP contribution in [0, 0.1) is 0 Å². The lowest BCUT2D eigenvalue weighted by atomic mass is 10.3. The van der Waals surface area contributed by atoms with E-state index in [0.29, 0.717) is 0 Å². The summed E-state index contributed by atoms with van der Waals surface area (Å²) in [5, 5.41) is 0. The molecular formula is C9H12N2O3. The first-order chi connectivity index (χ1) is 6.83. The van der Waals surface area contributed by atoms with Crippen LogP contribution in [-0.4, -0.2) is 12.8 Å². The van der Waals surface area contributed by atoms with Crippen LogP contribution in [0.1, 0.15) is 6.92 Å². The van der Waals surface area contributed by atoms with Crippen molar-refractivity contribution < 1.29 is 14.4 Å². The molecule has 0 atom stereocenters. The van der Waals surface area contributed by atoms with Crippen molar-refractivity contribution in [2.45, 2.75) is 6.92 Å². The van der Waals surface area contributed by atoms with E-state index < -0.39 is 6.16 Å². The molecule has 1 aromatic rings. The monoisotopic (exact) mass is 196 g/mol. The fourth-order valence-corrected chi connectivity index (χ4v) is 0.795. The lowest BCUT2D eigenvalue weighted by Gasteiger charge is -2.07. The van der Waals surface area contributed by atoms with Crippen molar-refractivity contribution in [2.24, 2.45) is 0 Å². The van der Waals surface area contributed by atoms with Crippen molar-refractivity contribution in [1.82, 2.24) is 5.59 Å². The molecule has 0 heterocycles. The summed E-state index contributed by atoms with van der Waals surface area (Å²) in [6, 6.07) is 9.24. The van der Waals surface area contributed by atoms with Gasteiger partial charge in [0, 0.05) is 0 Å². The van der Waals surface area contributed by atoms with E-state index in [-0.39, 0.29) is 6.61 Å². The summed E-state index contributed by atoms with van der Waals surface area (Å²) in [7, 11) is 0. The molecule has 14 heavy (non-hydrogen) atoms. The number of carbonyl (C=O) groups is 1. The lowest BCUT2D eigenvalue weighted by Crippen LogP contribution is -2.26. The molecule has 0 unspecified atom stereocenters. The third-order valence-electron chi connectivity index (χ3n) is 1.37. The fourth-order valence-electron chi connectivity index (χ4n) is 0.795. The topological polar surface area (TPSA) is 59.6 Å². The van der Waals surface area contributed by atoms with E-state index in [0.717, 1.165) is 5.69 Å². The van der Waals surface area contributed by atoms with Crippen LogP contribution in [-0.2, 0) is 9.57 Å². The van der Waals surface area contributed by atoms with Crippen LogP contribution in [0.2, 0.25) is 0 Å². The third kappa shape index (κ3) is 3.77. The number of hydrazine groups is 1. The van der Waals surface area contributed by atoms with Gasteiger partial charge >= 0.3 is 6.16 Å². The Balaban J connectivity index is 2.19. The number of nitrogens with one attached hydrogen (secondary N) is 2. The molecule has 2 N–H and O–H groups in total. The number of para-hydroxylation sites is 1. The number of rotatable bonds is 4. The second-order valence-corrected chi connectivity index (χ2v) is 2.38. The van der Waals surface area contributed by atoms with Gasteiger partial charge in [0.1, 0.15) is 0 Å². The summed E-state index contributed by atoms with van der Waals surface area (Å²) in [4.78, 5) is 15.2. The van der Waals surface area contributed by atoms with E-state index in [1.165, 1.54) is 0 Å². The van der Waals surface area contributed by atoms with Gasteiger partial charge in [-0.05, 0) is 19.1 Å². The fraction of sp³-hybridized carbons (Fsp3) is 0.222. The van der Waals surface area contributed by atoms with Gasteiger partial charge in [0.2, 0.25) is 0 Å². The number of ether oxygens (including phenoxy) is 1. The molecular weight excluding hydrogens is 184 g/mol. The van der Waals surface area contributed by atoms with E-state index in [9.17, 15) is 4.79 Å². The highest BCUT2D eigenvalue weighted by atomic mass is 16.8. The zero-order valence-electron chi connectivity index (χ0n) is 7.82. The van der Waals surface area contributed by atoms with Crippen LogP contribution in [0.5, 0.6) is 0 Å². The summed E-state index contributed by atoms with van der Waals surface area (Å²) in [5.41, 5.74) is 5.71. The first-order valence-corrected chi connectivity index (χ1v) is 4.22. The Morgan fingerprint density at radius 3 is 2.71 bits per heavy atom. The highest BCUT2D eigenvalue weighted by Gasteiger charge is 2.00. The quantitative estimate of drug-likeness (QED) is 0.567. The molecule has 0 spiro atoms. The number of hydrogen-bond acceptors (Lipinski definition) is 5. The minimum absolute atomic E-state index is 0.284. The molecule has 0 amide bonds. The summed E-state index contributed by atoms with van der Waals surface area (Å²) < 4.78 is 4.52. The SMILES string of the molecule is CCOC(=O)ONNc1ccccc1. The van der Waals surface area contributed by atoms with E-state index in [1.807, 2.05) is 30.3 Å². The number of anilines is 1. The van der Waals surface area contributed by atoms with Crippen LogP contribution in [0.25, 0.3) is 0 Å². The summed E-state index contributed by atoms with van der Waals surface area (Å²) >= 11 is 0. The maximum Gasteiger partial charge on any atom is 0.529 e. The first-order valence-electron chi connectivity index (χ1n) is 4.22. The van der Waals surface area contributed by atoms with Crippen LogP contribution >= 0.6 is 0 Å². The van der Waals surface area contributed by atoms with Gasteiger partial charge in [-0.3, -0.25) is 5.43 Å². The molecule has 1 rings (SSSR count). The van der Waals surface area contributed by atoms with E-state index in [2.05, 4.69) is 20.6 Å². The van der Waals surface area contributed by atoms with Crippen molar-refractivity contribution in [1.29, 1.82) is 0 Å². The molecule has 0 saturated carbocycles. The largest absolute Gasteiger partial charge is 0.529 e. The molecule has 0 bridgehead atoms. The summed E-state index contributed by atoms with van der Waals surface area (Å²) in [5.74, 6) is 0. The van der Waals surface area contributed by atoms with Gasteiger partial charge in [-0.25, -0.2) is 4.79 Å². The van der Waals surface area contributed by atoms with Crippen LogP contribution < -0.4 is 11.0 Å². The van der Waals surface area contributed by atoms with E-state index in [1.54, 1.807) is 6.92 Å².